The van der Waals surface area contributed by atoms with E-state index >= 15 is 0 Å². The van der Waals surface area contributed by atoms with Crippen molar-refractivity contribution in [2.75, 3.05) is 33.3 Å². The summed E-state index contributed by atoms with van der Waals surface area (Å²) in [6.45, 7) is 4.04. The summed E-state index contributed by atoms with van der Waals surface area (Å²) in [7, 11) is 4.60. The number of benzene rings is 2. The molecule has 0 bridgehead atoms. The Kier molecular flexibility index (Phi) is 7.68. The van der Waals surface area contributed by atoms with Crippen molar-refractivity contribution < 1.29 is 23.8 Å². The average Bonchev–Trinajstić information content (AvgIpc) is 2.70. The minimum absolute atomic E-state index is 0.202. The first kappa shape index (κ1) is 21.1. The highest BCUT2D eigenvalue weighted by Gasteiger charge is 2.12. The summed E-state index contributed by atoms with van der Waals surface area (Å²) in [5, 5.41) is 6.59. The highest BCUT2D eigenvalue weighted by molar-refractivity contribution is 5.91. The molecule has 2 aromatic rings. The van der Waals surface area contributed by atoms with Crippen LogP contribution in [0.4, 0.5) is 5.69 Å². The highest BCUT2D eigenvalue weighted by Crippen LogP contribution is 2.37. The van der Waals surface area contributed by atoms with Gasteiger partial charge in [0, 0.05) is 11.3 Å². The van der Waals surface area contributed by atoms with Gasteiger partial charge in [0.05, 0.1) is 27.5 Å². The fraction of sp³-hybridized carbons (Fsp3) is 0.333. The molecule has 0 aliphatic carbocycles. The number of carbonyl (C=O) groups excluding carboxylic acids is 1. The van der Waals surface area contributed by atoms with E-state index in [0.717, 1.165) is 0 Å². The van der Waals surface area contributed by atoms with Crippen LogP contribution in [0.2, 0.25) is 0 Å². The predicted octanol–water partition coefficient (Wildman–Crippen LogP) is 3.83. The SMILES string of the molecule is COc1cc(/C=N\OCC(=O)Nc2ccc(C(C)C)cc2)cc(OC)c1OC. The van der Waals surface area contributed by atoms with Gasteiger partial charge in [0.15, 0.2) is 18.1 Å². The van der Waals surface area contributed by atoms with E-state index in [0.29, 0.717) is 34.4 Å². The molecule has 0 unspecified atom stereocenters. The van der Waals surface area contributed by atoms with Crippen molar-refractivity contribution in [3.63, 3.8) is 0 Å². The summed E-state index contributed by atoms with van der Waals surface area (Å²) in [5.41, 5.74) is 2.61. The molecule has 1 amide bonds. The van der Waals surface area contributed by atoms with Crippen molar-refractivity contribution in [1.82, 2.24) is 0 Å². The second-order valence-corrected chi connectivity index (χ2v) is 6.29. The zero-order valence-corrected chi connectivity index (χ0v) is 16.8. The molecule has 28 heavy (non-hydrogen) atoms. The van der Waals surface area contributed by atoms with E-state index in [1.165, 1.54) is 33.1 Å². The van der Waals surface area contributed by atoms with Gasteiger partial charge in [0.25, 0.3) is 5.91 Å². The molecule has 0 aliphatic rings. The smallest absolute Gasteiger partial charge is 0.265 e. The van der Waals surface area contributed by atoms with Gasteiger partial charge in [-0.05, 0) is 35.7 Å². The van der Waals surface area contributed by atoms with E-state index in [9.17, 15) is 4.79 Å². The topological polar surface area (TPSA) is 78.4 Å². The van der Waals surface area contributed by atoms with Crippen LogP contribution < -0.4 is 19.5 Å². The number of anilines is 1. The van der Waals surface area contributed by atoms with Crippen molar-refractivity contribution >= 4 is 17.8 Å². The van der Waals surface area contributed by atoms with Gasteiger partial charge < -0.3 is 24.4 Å². The molecule has 2 aromatic carbocycles. The molecule has 7 heteroatoms. The molecule has 0 fully saturated rings. The summed E-state index contributed by atoms with van der Waals surface area (Å²) in [5.74, 6) is 1.65. The molecule has 0 heterocycles. The van der Waals surface area contributed by atoms with Gasteiger partial charge in [-0.25, -0.2) is 0 Å². The highest BCUT2D eigenvalue weighted by atomic mass is 16.6. The third-order valence-corrected chi connectivity index (χ3v) is 4.02. The number of hydrogen-bond donors (Lipinski definition) is 1. The molecular formula is C21H26N2O5. The number of hydrogen-bond acceptors (Lipinski definition) is 6. The van der Waals surface area contributed by atoms with Crippen LogP contribution in [0, 0.1) is 0 Å². The molecule has 150 valence electrons. The Hall–Kier alpha value is -3.22. The molecule has 1 N–H and O–H groups in total. The Morgan fingerprint density at radius 3 is 2.14 bits per heavy atom. The number of methoxy groups -OCH3 is 3. The lowest BCUT2D eigenvalue weighted by molar-refractivity contribution is -0.120. The normalized spacial score (nSPS) is 10.8. The first-order valence-electron chi connectivity index (χ1n) is 8.83. The van der Waals surface area contributed by atoms with Gasteiger partial charge in [0.1, 0.15) is 0 Å². The lowest BCUT2D eigenvalue weighted by Gasteiger charge is -2.12. The fourth-order valence-electron chi connectivity index (χ4n) is 2.52. The molecule has 7 nitrogen and oxygen atoms in total. The Morgan fingerprint density at radius 1 is 1.04 bits per heavy atom. The van der Waals surface area contributed by atoms with Crippen LogP contribution in [0.1, 0.15) is 30.9 Å². The number of carbonyl (C=O) groups is 1. The summed E-state index contributed by atoms with van der Waals surface area (Å²) < 4.78 is 15.8. The zero-order chi connectivity index (χ0) is 20.5. The third-order valence-electron chi connectivity index (χ3n) is 4.02. The molecule has 0 aliphatic heterocycles. The number of amides is 1. The largest absolute Gasteiger partial charge is 0.493 e. The van der Waals surface area contributed by atoms with Crippen LogP contribution >= 0.6 is 0 Å². The van der Waals surface area contributed by atoms with Gasteiger partial charge in [-0.3, -0.25) is 4.79 Å². The first-order valence-corrected chi connectivity index (χ1v) is 8.83. The Labute approximate surface area is 165 Å². The standard InChI is InChI=1S/C21H26N2O5/c1-14(2)16-6-8-17(9-7-16)23-20(24)13-28-22-12-15-10-18(25-3)21(27-5)19(11-15)26-4/h6-12,14H,13H2,1-5H3,(H,23,24)/b22-12-. The molecule has 0 spiro atoms. The van der Waals surface area contributed by atoms with Crippen molar-refractivity contribution in [2.24, 2.45) is 5.16 Å². The van der Waals surface area contributed by atoms with Crippen LogP contribution in [-0.2, 0) is 9.63 Å². The second-order valence-electron chi connectivity index (χ2n) is 6.29. The number of rotatable bonds is 9. The van der Waals surface area contributed by atoms with Crippen LogP contribution in [-0.4, -0.2) is 40.1 Å². The van der Waals surface area contributed by atoms with Crippen molar-refractivity contribution in [3.8, 4) is 17.2 Å². The maximum Gasteiger partial charge on any atom is 0.265 e. The molecular weight excluding hydrogens is 360 g/mol. The maximum atomic E-state index is 12.0. The van der Waals surface area contributed by atoms with E-state index < -0.39 is 0 Å². The molecule has 0 radical (unpaired) electrons. The summed E-state index contributed by atoms with van der Waals surface area (Å²) in [4.78, 5) is 17.0. The van der Waals surface area contributed by atoms with Gasteiger partial charge in [-0.2, -0.15) is 0 Å². The zero-order valence-electron chi connectivity index (χ0n) is 16.8. The predicted molar refractivity (Wildman–Crippen MR) is 109 cm³/mol. The quantitative estimate of drug-likeness (QED) is 0.523. The Morgan fingerprint density at radius 2 is 1.64 bits per heavy atom. The Bertz CT molecular complexity index is 791. The molecule has 2 rings (SSSR count). The van der Waals surface area contributed by atoms with Crippen LogP contribution in [0.25, 0.3) is 0 Å². The summed E-state index contributed by atoms with van der Waals surface area (Å²) in [6.07, 6.45) is 1.47. The second kappa shape index (κ2) is 10.2. The number of nitrogens with zero attached hydrogens (tertiary/aromatic N) is 1. The molecule has 0 saturated carbocycles. The third kappa shape index (κ3) is 5.64. The van der Waals surface area contributed by atoms with Crippen molar-refractivity contribution in [3.05, 3.63) is 47.5 Å². The first-order chi connectivity index (χ1) is 13.5. The number of nitrogens with one attached hydrogen (secondary N) is 1. The van der Waals surface area contributed by atoms with Crippen LogP contribution in [0.15, 0.2) is 41.6 Å². The monoisotopic (exact) mass is 386 g/mol. The van der Waals surface area contributed by atoms with Crippen molar-refractivity contribution in [2.45, 2.75) is 19.8 Å². The van der Waals surface area contributed by atoms with Gasteiger partial charge in [-0.1, -0.05) is 31.1 Å². The van der Waals surface area contributed by atoms with Gasteiger partial charge >= 0.3 is 0 Å². The summed E-state index contributed by atoms with van der Waals surface area (Å²) >= 11 is 0. The van der Waals surface area contributed by atoms with E-state index in [4.69, 9.17) is 19.0 Å². The molecule has 0 saturated heterocycles. The number of ether oxygens (including phenoxy) is 3. The molecule has 0 aromatic heterocycles. The Balaban J connectivity index is 1.91. The van der Waals surface area contributed by atoms with Gasteiger partial charge in [-0.15, -0.1) is 0 Å². The lowest BCUT2D eigenvalue weighted by Crippen LogP contribution is -2.16. The minimum atomic E-state index is -0.292. The maximum absolute atomic E-state index is 12.0. The van der Waals surface area contributed by atoms with Crippen LogP contribution in [0.3, 0.4) is 0 Å². The minimum Gasteiger partial charge on any atom is -0.493 e. The van der Waals surface area contributed by atoms with E-state index in [1.54, 1.807) is 12.1 Å². The lowest BCUT2D eigenvalue weighted by atomic mass is 10.0. The average molecular weight is 386 g/mol. The van der Waals surface area contributed by atoms with Gasteiger partial charge in [0.2, 0.25) is 5.75 Å². The van der Waals surface area contributed by atoms with E-state index in [-0.39, 0.29) is 12.5 Å². The number of oxime groups is 1. The van der Waals surface area contributed by atoms with Crippen molar-refractivity contribution in [1.29, 1.82) is 0 Å². The fourth-order valence-corrected chi connectivity index (χ4v) is 2.52. The summed E-state index contributed by atoms with van der Waals surface area (Å²) in [6, 6.07) is 11.2. The molecule has 0 atom stereocenters. The van der Waals surface area contributed by atoms with E-state index in [2.05, 4.69) is 24.3 Å². The van der Waals surface area contributed by atoms with E-state index in [1.807, 2.05) is 24.3 Å². The van der Waals surface area contributed by atoms with Crippen LogP contribution in [0.5, 0.6) is 17.2 Å².